The van der Waals surface area contributed by atoms with Crippen LogP contribution in [-0.4, -0.2) is 30.9 Å². The van der Waals surface area contributed by atoms with E-state index in [1.807, 2.05) is 0 Å². The van der Waals surface area contributed by atoms with Gasteiger partial charge in [0, 0.05) is 13.1 Å². The van der Waals surface area contributed by atoms with Gasteiger partial charge in [0.1, 0.15) is 5.82 Å². The third-order valence-electron chi connectivity index (χ3n) is 3.70. The highest BCUT2D eigenvalue weighted by molar-refractivity contribution is 7.89. The molecule has 0 atom stereocenters. The maximum absolute atomic E-state index is 13.3. The molecule has 1 N–H and O–H groups in total. The number of rotatable bonds is 4. The second-order valence-electron chi connectivity index (χ2n) is 4.87. The molecule has 1 aliphatic carbocycles. The van der Waals surface area contributed by atoms with Gasteiger partial charge in [-0.3, -0.25) is 0 Å². The van der Waals surface area contributed by atoms with Crippen molar-refractivity contribution in [3.05, 3.63) is 29.6 Å². The van der Waals surface area contributed by atoms with Gasteiger partial charge in [0.15, 0.2) is 0 Å². The van der Waals surface area contributed by atoms with Crippen LogP contribution < -0.4 is 0 Å². The van der Waals surface area contributed by atoms with E-state index < -0.39 is 22.4 Å². The van der Waals surface area contributed by atoms with E-state index in [2.05, 4.69) is 0 Å². The minimum atomic E-state index is -3.75. The summed E-state index contributed by atoms with van der Waals surface area (Å²) in [4.78, 5) is -0.135. The van der Waals surface area contributed by atoms with E-state index in [1.165, 1.54) is 17.4 Å². The predicted molar refractivity (Wildman–Crippen MR) is 69.5 cm³/mol. The Hall–Kier alpha value is -0.980. The van der Waals surface area contributed by atoms with E-state index in [9.17, 15) is 17.9 Å². The van der Waals surface area contributed by atoms with Crippen LogP contribution in [0, 0.1) is 5.82 Å². The fourth-order valence-electron chi connectivity index (χ4n) is 2.52. The largest absolute Gasteiger partial charge is 0.392 e. The maximum atomic E-state index is 13.3. The standard InChI is InChI=1S/C13H18FNO3S/c1-15(12-4-2-3-5-12)19(17,18)13-8-11(14)7-6-10(13)9-16/h6-8,12,16H,2-5,9H2,1H3. The molecular formula is C13H18FNO3S. The van der Waals surface area contributed by atoms with E-state index in [1.54, 1.807) is 0 Å². The molecule has 0 unspecified atom stereocenters. The predicted octanol–water partition coefficient (Wildman–Crippen LogP) is 1.88. The summed E-state index contributed by atoms with van der Waals surface area (Å²) < 4.78 is 39.6. The molecule has 0 aliphatic heterocycles. The summed E-state index contributed by atoms with van der Waals surface area (Å²) in [6.45, 7) is -0.423. The summed E-state index contributed by atoms with van der Waals surface area (Å²) in [5, 5.41) is 9.21. The van der Waals surface area contributed by atoms with Gasteiger partial charge in [-0.15, -0.1) is 0 Å². The molecule has 2 rings (SSSR count). The highest BCUT2D eigenvalue weighted by Crippen LogP contribution is 2.29. The molecular weight excluding hydrogens is 269 g/mol. The molecule has 0 bridgehead atoms. The number of nitrogens with zero attached hydrogens (tertiary/aromatic N) is 1. The van der Waals surface area contributed by atoms with Crippen molar-refractivity contribution in [2.24, 2.45) is 0 Å². The number of halogens is 1. The summed E-state index contributed by atoms with van der Waals surface area (Å²) in [7, 11) is -2.23. The number of hydrogen-bond acceptors (Lipinski definition) is 3. The molecule has 19 heavy (non-hydrogen) atoms. The lowest BCUT2D eigenvalue weighted by molar-refractivity contribution is 0.277. The van der Waals surface area contributed by atoms with Crippen molar-refractivity contribution in [3.8, 4) is 0 Å². The van der Waals surface area contributed by atoms with Gasteiger partial charge in [0.05, 0.1) is 11.5 Å². The van der Waals surface area contributed by atoms with E-state index in [0.29, 0.717) is 0 Å². The molecule has 0 amide bonds. The van der Waals surface area contributed by atoms with Gasteiger partial charge < -0.3 is 5.11 Å². The first kappa shape index (κ1) is 14.4. The fourth-order valence-corrected chi connectivity index (χ4v) is 4.16. The Morgan fingerprint density at radius 3 is 2.58 bits per heavy atom. The van der Waals surface area contributed by atoms with E-state index >= 15 is 0 Å². The van der Waals surface area contributed by atoms with Crippen molar-refractivity contribution >= 4 is 10.0 Å². The molecule has 0 saturated heterocycles. The lowest BCUT2D eigenvalue weighted by Gasteiger charge is -2.24. The molecule has 106 valence electrons. The monoisotopic (exact) mass is 287 g/mol. The van der Waals surface area contributed by atoms with Crippen LogP contribution in [0.2, 0.25) is 0 Å². The third kappa shape index (κ3) is 2.80. The van der Waals surface area contributed by atoms with Gasteiger partial charge in [0.2, 0.25) is 10.0 Å². The second kappa shape index (κ2) is 5.56. The molecule has 6 heteroatoms. The zero-order chi connectivity index (χ0) is 14.0. The summed E-state index contributed by atoms with van der Waals surface area (Å²) in [6, 6.07) is 3.41. The van der Waals surface area contributed by atoms with Crippen LogP contribution >= 0.6 is 0 Å². The quantitative estimate of drug-likeness (QED) is 0.920. The van der Waals surface area contributed by atoms with Crippen LogP contribution in [0.3, 0.4) is 0 Å². The lowest BCUT2D eigenvalue weighted by Crippen LogP contribution is -2.35. The Bertz CT molecular complexity index is 553. The molecule has 0 aromatic heterocycles. The summed E-state index contributed by atoms with van der Waals surface area (Å²) in [5.74, 6) is -0.615. The van der Waals surface area contributed by atoms with Crippen molar-refractivity contribution in [1.82, 2.24) is 4.31 Å². The highest BCUT2D eigenvalue weighted by Gasteiger charge is 2.31. The zero-order valence-electron chi connectivity index (χ0n) is 10.8. The van der Waals surface area contributed by atoms with Gasteiger partial charge in [-0.05, 0) is 30.5 Å². The van der Waals surface area contributed by atoms with Gasteiger partial charge in [-0.2, -0.15) is 4.31 Å². The van der Waals surface area contributed by atoms with Crippen LogP contribution in [-0.2, 0) is 16.6 Å². The number of sulfonamides is 1. The minimum absolute atomic E-state index is 0.0280. The third-order valence-corrected chi connectivity index (χ3v) is 5.69. The Labute approximate surface area is 112 Å². The van der Waals surface area contributed by atoms with Gasteiger partial charge in [-0.1, -0.05) is 18.9 Å². The van der Waals surface area contributed by atoms with Gasteiger partial charge >= 0.3 is 0 Å². The average molecular weight is 287 g/mol. The maximum Gasteiger partial charge on any atom is 0.243 e. The van der Waals surface area contributed by atoms with Crippen molar-refractivity contribution < 1.29 is 17.9 Å². The average Bonchev–Trinajstić information content (AvgIpc) is 2.91. The summed E-state index contributed by atoms with van der Waals surface area (Å²) in [5.41, 5.74) is 0.228. The van der Waals surface area contributed by atoms with Gasteiger partial charge in [-0.25, -0.2) is 12.8 Å². The van der Waals surface area contributed by atoms with Gasteiger partial charge in [0.25, 0.3) is 0 Å². The number of benzene rings is 1. The van der Waals surface area contributed by atoms with Crippen molar-refractivity contribution in [3.63, 3.8) is 0 Å². The fraction of sp³-hybridized carbons (Fsp3) is 0.538. The molecule has 1 aromatic carbocycles. The van der Waals surface area contributed by atoms with Crippen LogP contribution in [0.25, 0.3) is 0 Å². The Morgan fingerprint density at radius 1 is 1.37 bits per heavy atom. The first-order chi connectivity index (χ1) is 8.96. The number of aliphatic hydroxyl groups excluding tert-OH is 1. The zero-order valence-corrected chi connectivity index (χ0v) is 11.7. The Balaban J connectivity index is 2.40. The molecule has 0 radical (unpaired) electrons. The van der Waals surface area contributed by atoms with Crippen LogP contribution in [0.4, 0.5) is 4.39 Å². The summed E-state index contributed by atoms with van der Waals surface area (Å²) >= 11 is 0. The molecule has 0 heterocycles. The topological polar surface area (TPSA) is 57.6 Å². The molecule has 1 aromatic rings. The van der Waals surface area contributed by atoms with E-state index in [0.717, 1.165) is 37.8 Å². The van der Waals surface area contributed by atoms with Crippen LogP contribution in [0.5, 0.6) is 0 Å². The van der Waals surface area contributed by atoms with Crippen LogP contribution in [0.1, 0.15) is 31.2 Å². The van der Waals surface area contributed by atoms with Crippen molar-refractivity contribution in [2.45, 2.75) is 43.2 Å². The summed E-state index contributed by atoms with van der Waals surface area (Å²) in [6.07, 6.45) is 3.69. The Kier molecular flexibility index (Phi) is 4.23. The Morgan fingerprint density at radius 2 is 2.00 bits per heavy atom. The first-order valence-electron chi connectivity index (χ1n) is 6.34. The lowest BCUT2D eigenvalue weighted by atomic mass is 10.2. The van der Waals surface area contributed by atoms with Crippen molar-refractivity contribution in [1.29, 1.82) is 0 Å². The van der Waals surface area contributed by atoms with E-state index in [-0.39, 0.29) is 16.5 Å². The minimum Gasteiger partial charge on any atom is -0.392 e. The number of aliphatic hydroxyl groups is 1. The van der Waals surface area contributed by atoms with Crippen LogP contribution in [0.15, 0.2) is 23.1 Å². The molecule has 1 saturated carbocycles. The van der Waals surface area contributed by atoms with E-state index in [4.69, 9.17) is 0 Å². The molecule has 4 nitrogen and oxygen atoms in total. The normalized spacial score (nSPS) is 17.3. The molecule has 1 aliphatic rings. The first-order valence-corrected chi connectivity index (χ1v) is 7.78. The number of hydrogen-bond donors (Lipinski definition) is 1. The SMILES string of the molecule is CN(C1CCCC1)S(=O)(=O)c1cc(F)ccc1CO. The molecule has 1 fully saturated rings. The molecule has 0 spiro atoms. The highest BCUT2D eigenvalue weighted by atomic mass is 32.2. The van der Waals surface area contributed by atoms with Crippen molar-refractivity contribution in [2.75, 3.05) is 7.05 Å². The second-order valence-corrected chi connectivity index (χ2v) is 6.84. The smallest absolute Gasteiger partial charge is 0.243 e.